The number of hydrogen-bond acceptors (Lipinski definition) is 3. The zero-order valence-corrected chi connectivity index (χ0v) is 17.7. The monoisotopic (exact) mass is 424 g/mol. The van der Waals surface area contributed by atoms with Crippen molar-refractivity contribution in [3.8, 4) is 11.6 Å². The highest BCUT2D eigenvalue weighted by Gasteiger charge is 2.51. The van der Waals surface area contributed by atoms with Crippen LogP contribution in [0.5, 0.6) is 11.6 Å². The van der Waals surface area contributed by atoms with Crippen LogP contribution in [-0.2, 0) is 12.0 Å². The number of aromatic nitrogens is 1. The average Bonchev–Trinajstić information content (AvgIpc) is 2.60. The van der Waals surface area contributed by atoms with Crippen LogP contribution in [0.25, 0.3) is 0 Å². The van der Waals surface area contributed by atoms with Gasteiger partial charge in [0.05, 0.1) is 11.2 Å². The molecular formula is C23H25BrN2O. The number of halogens is 1. The van der Waals surface area contributed by atoms with Gasteiger partial charge in [-0.3, -0.25) is 4.90 Å². The zero-order chi connectivity index (χ0) is 19.2. The molecule has 1 heterocycles. The molecule has 0 N–H and O–H groups in total. The van der Waals surface area contributed by atoms with Crippen molar-refractivity contribution in [3.05, 3.63) is 76.4 Å². The van der Waals surface area contributed by atoms with Crippen molar-refractivity contribution >= 4 is 15.9 Å². The molecule has 4 rings (SSSR count). The standard InChI is InChI=1S/C23H25BrN2O/c1-5-19-16-11-15(2)14-23(19,26(3)4)20-9-10-22(25-21(20)12-16)27-18-8-6-7-17(24)13-18/h5-11,13,16,19H,1,12,14H2,2-4H3/t16-,19+,23+/m0/s1. The van der Waals surface area contributed by atoms with Crippen molar-refractivity contribution in [1.29, 1.82) is 0 Å². The predicted octanol–water partition coefficient (Wildman–Crippen LogP) is 5.72. The number of nitrogens with zero attached hydrogens (tertiary/aromatic N) is 2. The number of hydrogen-bond donors (Lipinski definition) is 0. The number of rotatable bonds is 4. The molecule has 0 amide bonds. The summed E-state index contributed by atoms with van der Waals surface area (Å²) >= 11 is 3.49. The van der Waals surface area contributed by atoms with E-state index in [0.717, 1.165) is 28.8 Å². The molecule has 2 aliphatic rings. The van der Waals surface area contributed by atoms with Crippen LogP contribution in [0.4, 0.5) is 0 Å². The fourth-order valence-corrected chi connectivity index (χ4v) is 5.29. The van der Waals surface area contributed by atoms with Gasteiger partial charge in [0.15, 0.2) is 0 Å². The Bertz CT molecular complexity index is 920. The second-order valence-corrected chi connectivity index (χ2v) is 8.76. The van der Waals surface area contributed by atoms with E-state index in [0.29, 0.717) is 17.7 Å². The molecule has 140 valence electrons. The van der Waals surface area contributed by atoms with Crippen LogP contribution in [0.3, 0.4) is 0 Å². The summed E-state index contributed by atoms with van der Waals surface area (Å²) in [6.45, 7) is 6.41. The van der Waals surface area contributed by atoms with Crippen LogP contribution in [0.1, 0.15) is 24.6 Å². The van der Waals surface area contributed by atoms with E-state index in [-0.39, 0.29) is 5.54 Å². The van der Waals surface area contributed by atoms with Crippen LogP contribution in [0.15, 0.2) is 65.2 Å². The molecule has 0 unspecified atom stereocenters. The van der Waals surface area contributed by atoms with Crippen molar-refractivity contribution < 1.29 is 4.74 Å². The maximum atomic E-state index is 6.02. The Morgan fingerprint density at radius 3 is 2.81 bits per heavy atom. The van der Waals surface area contributed by atoms with Crippen LogP contribution < -0.4 is 4.74 Å². The van der Waals surface area contributed by atoms with Crippen LogP contribution in [-0.4, -0.2) is 24.0 Å². The van der Waals surface area contributed by atoms with Crippen molar-refractivity contribution in [1.82, 2.24) is 9.88 Å². The molecule has 0 aliphatic heterocycles. The lowest BCUT2D eigenvalue weighted by atomic mass is 9.59. The summed E-state index contributed by atoms with van der Waals surface area (Å²) in [5, 5.41) is 0. The van der Waals surface area contributed by atoms with Crippen molar-refractivity contribution in [3.63, 3.8) is 0 Å². The number of benzene rings is 1. The summed E-state index contributed by atoms with van der Waals surface area (Å²) in [5.74, 6) is 2.26. The highest BCUT2D eigenvalue weighted by Crippen LogP contribution is 2.53. The van der Waals surface area contributed by atoms with Gasteiger partial charge in [-0.05, 0) is 69.6 Å². The SMILES string of the molecule is C=C[C@@H]1[C@H]2C=C(C)C[C@]1(N(C)C)c1ccc(Oc3cccc(Br)c3)nc1C2. The Hall–Kier alpha value is -1.91. The van der Waals surface area contributed by atoms with Gasteiger partial charge in [0, 0.05) is 16.5 Å². The molecule has 0 fully saturated rings. The molecule has 0 radical (unpaired) electrons. The third kappa shape index (κ3) is 3.05. The molecule has 1 aromatic carbocycles. The predicted molar refractivity (Wildman–Crippen MR) is 113 cm³/mol. The maximum absolute atomic E-state index is 6.02. The average molecular weight is 425 g/mol. The summed E-state index contributed by atoms with van der Waals surface area (Å²) in [6, 6.07) is 12.1. The Morgan fingerprint density at radius 1 is 1.30 bits per heavy atom. The molecule has 2 aliphatic carbocycles. The summed E-state index contributed by atoms with van der Waals surface area (Å²) in [7, 11) is 4.35. The number of pyridine rings is 1. The van der Waals surface area contributed by atoms with Gasteiger partial charge >= 0.3 is 0 Å². The van der Waals surface area contributed by atoms with E-state index in [4.69, 9.17) is 9.72 Å². The zero-order valence-electron chi connectivity index (χ0n) is 16.1. The summed E-state index contributed by atoms with van der Waals surface area (Å²) in [6.07, 6.45) is 6.49. The highest BCUT2D eigenvalue weighted by molar-refractivity contribution is 9.10. The van der Waals surface area contributed by atoms with Gasteiger partial charge in [-0.15, -0.1) is 6.58 Å². The molecule has 0 saturated carbocycles. The minimum absolute atomic E-state index is 0.0832. The van der Waals surface area contributed by atoms with Crippen LogP contribution in [0.2, 0.25) is 0 Å². The molecule has 4 heteroatoms. The molecule has 0 saturated heterocycles. The van der Waals surface area contributed by atoms with Gasteiger partial charge in [0.2, 0.25) is 5.88 Å². The third-order valence-electron chi connectivity index (χ3n) is 5.97. The second kappa shape index (κ2) is 6.92. The molecule has 27 heavy (non-hydrogen) atoms. The highest BCUT2D eigenvalue weighted by atomic mass is 79.9. The first kappa shape index (κ1) is 18.5. The first-order valence-electron chi connectivity index (χ1n) is 9.35. The van der Waals surface area contributed by atoms with Crippen LogP contribution in [0, 0.1) is 11.8 Å². The lowest BCUT2D eigenvalue weighted by Crippen LogP contribution is -2.54. The first-order valence-corrected chi connectivity index (χ1v) is 10.1. The fraction of sp³-hybridized carbons (Fsp3) is 0.348. The van der Waals surface area contributed by atoms with Gasteiger partial charge < -0.3 is 4.74 Å². The Morgan fingerprint density at radius 2 is 2.11 bits per heavy atom. The van der Waals surface area contributed by atoms with Gasteiger partial charge in [0.25, 0.3) is 0 Å². The molecular weight excluding hydrogens is 400 g/mol. The molecule has 0 spiro atoms. The smallest absolute Gasteiger partial charge is 0.219 e. The number of allylic oxidation sites excluding steroid dienone is 1. The lowest BCUT2D eigenvalue weighted by Gasteiger charge is -2.54. The summed E-state index contributed by atoms with van der Waals surface area (Å²) < 4.78 is 7.02. The number of ether oxygens (including phenoxy) is 1. The molecule has 3 nitrogen and oxygen atoms in total. The third-order valence-corrected chi connectivity index (χ3v) is 6.47. The van der Waals surface area contributed by atoms with E-state index in [9.17, 15) is 0 Å². The number of fused-ring (bicyclic) bond motifs is 4. The quantitative estimate of drug-likeness (QED) is 0.586. The topological polar surface area (TPSA) is 25.4 Å². The fourth-order valence-electron chi connectivity index (χ4n) is 4.92. The van der Waals surface area contributed by atoms with E-state index in [1.165, 1.54) is 11.1 Å². The maximum Gasteiger partial charge on any atom is 0.219 e. The van der Waals surface area contributed by atoms with E-state index in [1.54, 1.807) is 0 Å². The normalized spacial score (nSPS) is 26.3. The Kier molecular flexibility index (Phi) is 4.73. The first-order chi connectivity index (χ1) is 12.9. The van der Waals surface area contributed by atoms with Gasteiger partial charge in [-0.1, -0.05) is 39.7 Å². The van der Waals surface area contributed by atoms with Gasteiger partial charge in [-0.25, -0.2) is 4.98 Å². The summed E-state index contributed by atoms with van der Waals surface area (Å²) in [5.41, 5.74) is 3.82. The molecule has 1 aromatic heterocycles. The van der Waals surface area contributed by atoms with E-state index in [1.807, 2.05) is 30.3 Å². The Balaban J connectivity index is 1.77. The van der Waals surface area contributed by atoms with Gasteiger partial charge in [-0.2, -0.15) is 0 Å². The molecule has 2 aromatic rings. The van der Waals surface area contributed by atoms with E-state index in [2.05, 4.69) is 66.6 Å². The van der Waals surface area contributed by atoms with Crippen molar-refractivity contribution in [2.24, 2.45) is 11.8 Å². The van der Waals surface area contributed by atoms with Crippen molar-refractivity contribution in [2.75, 3.05) is 14.1 Å². The summed E-state index contributed by atoms with van der Waals surface area (Å²) in [4.78, 5) is 7.27. The van der Waals surface area contributed by atoms with Crippen LogP contribution >= 0.6 is 15.9 Å². The molecule has 2 bridgehead atoms. The van der Waals surface area contributed by atoms with Crippen molar-refractivity contribution in [2.45, 2.75) is 25.3 Å². The second-order valence-electron chi connectivity index (χ2n) is 7.84. The minimum Gasteiger partial charge on any atom is -0.439 e. The van der Waals surface area contributed by atoms with E-state index < -0.39 is 0 Å². The Labute approximate surface area is 169 Å². The molecule has 3 atom stereocenters. The van der Waals surface area contributed by atoms with E-state index >= 15 is 0 Å². The lowest BCUT2D eigenvalue weighted by molar-refractivity contribution is 0.0537. The minimum atomic E-state index is -0.0832. The van der Waals surface area contributed by atoms with Gasteiger partial charge in [0.1, 0.15) is 5.75 Å². The largest absolute Gasteiger partial charge is 0.439 e.